The SMILES string of the molecule is Cc1nc([C@@H]2CCO[C@@H]2CN(C)C(=O)c2cc(C)oc2C)n[nH]1. The molecule has 0 spiro atoms. The van der Waals surface area contributed by atoms with E-state index in [4.69, 9.17) is 9.15 Å². The lowest BCUT2D eigenvalue weighted by Crippen LogP contribution is -2.36. The summed E-state index contributed by atoms with van der Waals surface area (Å²) in [6.07, 6.45) is 0.779. The standard InChI is InChI=1S/C16H22N4O3/c1-9-7-13(10(2)23-9)16(21)20(4)8-14-12(5-6-22-14)15-17-11(3)18-19-15/h7,12,14H,5-6,8H2,1-4H3,(H,17,18,19)/t12-,14-/m1/s1. The number of aryl methyl sites for hydroxylation is 3. The minimum Gasteiger partial charge on any atom is -0.466 e. The second-order valence-corrected chi connectivity index (χ2v) is 6.10. The molecule has 3 rings (SSSR count). The highest BCUT2D eigenvalue weighted by Crippen LogP contribution is 2.30. The Kier molecular flexibility index (Phi) is 4.21. The molecule has 2 aromatic rings. The Bertz CT molecular complexity index is 706. The average Bonchev–Trinajstić information content (AvgIpc) is 3.19. The number of hydrogen-bond donors (Lipinski definition) is 1. The first-order chi connectivity index (χ1) is 11.0. The largest absolute Gasteiger partial charge is 0.466 e. The van der Waals surface area contributed by atoms with Crippen LogP contribution in [0.25, 0.3) is 0 Å². The number of aromatic nitrogens is 3. The molecule has 1 N–H and O–H groups in total. The predicted molar refractivity (Wildman–Crippen MR) is 83.4 cm³/mol. The van der Waals surface area contributed by atoms with Crippen molar-refractivity contribution in [3.8, 4) is 0 Å². The zero-order valence-corrected chi connectivity index (χ0v) is 13.9. The maximum Gasteiger partial charge on any atom is 0.257 e. The van der Waals surface area contributed by atoms with Crippen LogP contribution < -0.4 is 0 Å². The van der Waals surface area contributed by atoms with Gasteiger partial charge >= 0.3 is 0 Å². The van der Waals surface area contributed by atoms with Gasteiger partial charge in [0.15, 0.2) is 5.82 Å². The lowest BCUT2D eigenvalue weighted by atomic mass is 10.00. The van der Waals surface area contributed by atoms with Crippen molar-refractivity contribution in [3.63, 3.8) is 0 Å². The van der Waals surface area contributed by atoms with Gasteiger partial charge in [-0.2, -0.15) is 5.10 Å². The van der Waals surface area contributed by atoms with Crippen LogP contribution in [-0.4, -0.2) is 52.3 Å². The van der Waals surface area contributed by atoms with Crippen molar-refractivity contribution in [3.05, 3.63) is 34.8 Å². The summed E-state index contributed by atoms with van der Waals surface area (Å²) in [6.45, 7) is 6.68. The van der Waals surface area contributed by atoms with Crippen LogP contribution in [0.3, 0.4) is 0 Å². The summed E-state index contributed by atoms with van der Waals surface area (Å²) in [7, 11) is 1.78. The summed E-state index contributed by atoms with van der Waals surface area (Å²) in [5.74, 6) is 3.00. The van der Waals surface area contributed by atoms with Crippen LogP contribution in [0.15, 0.2) is 10.5 Å². The van der Waals surface area contributed by atoms with Crippen LogP contribution in [0.1, 0.15) is 45.9 Å². The van der Waals surface area contributed by atoms with Crippen LogP contribution >= 0.6 is 0 Å². The van der Waals surface area contributed by atoms with Gasteiger partial charge < -0.3 is 14.1 Å². The summed E-state index contributed by atoms with van der Waals surface area (Å²) in [5, 5.41) is 7.11. The van der Waals surface area contributed by atoms with E-state index in [1.165, 1.54) is 0 Å². The number of nitrogens with zero attached hydrogens (tertiary/aromatic N) is 3. The zero-order chi connectivity index (χ0) is 16.6. The number of hydrogen-bond acceptors (Lipinski definition) is 5. The number of H-pyrrole nitrogens is 1. The van der Waals surface area contributed by atoms with Gasteiger partial charge in [-0.1, -0.05) is 0 Å². The number of amides is 1. The van der Waals surface area contributed by atoms with Crippen molar-refractivity contribution in [2.75, 3.05) is 20.2 Å². The van der Waals surface area contributed by atoms with E-state index in [2.05, 4.69) is 15.2 Å². The Morgan fingerprint density at radius 1 is 1.43 bits per heavy atom. The molecule has 0 unspecified atom stereocenters. The molecule has 124 valence electrons. The van der Waals surface area contributed by atoms with Gasteiger partial charge in [-0.25, -0.2) is 4.98 Å². The quantitative estimate of drug-likeness (QED) is 0.931. The summed E-state index contributed by atoms with van der Waals surface area (Å²) in [6, 6.07) is 1.78. The van der Waals surface area contributed by atoms with E-state index in [0.29, 0.717) is 24.5 Å². The van der Waals surface area contributed by atoms with Crippen molar-refractivity contribution in [1.29, 1.82) is 0 Å². The molecule has 1 aliphatic heterocycles. The van der Waals surface area contributed by atoms with Crippen molar-refractivity contribution in [1.82, 2.24) is 20.1 Å². The summed E-state index contributed by atoms with van der Waals surface area (Å²) in [5.41, 5.74) is 0.605. The molecule has 2 aromatic heterocycles. The molecule has 2 atom stereocenters. The fourth-order valence-corrected chi connectivity index (χ4v) is 3.05. The number of ether oxygens (including phenoxy) is 1. The lowest BCUT2D eigenvalue weighted by molar-refractivity contribution is 0.0549. The predicted octanol–water partition coefficient (Wildman–Crippen LogP) is 1.97. The molecule has 0 bridgehead atoms. The van der Waals surface area contributed by atoms with E-state index in [1.54, 1.807) is 24.9 Å². The van der Waals surface area contributed by atoms with E-state index in [0.717, 1.165) is 23.8 Å². The summed E-state index contributed by atoms with van der Waals surface area (Å²) in [4.78, 5) is 18.7. The first-order valence-electron chi connectivity index (χ1n) is 7.78. The second-order valence-electron chi connectivity index (χ2n) is 6.10. The van der Waals surface area contributed by atoms with Crippen LogP contribution in [0.2, 0.25) is 0 Å². The van der Waals surface area contributed by atoms with E-state index in [9.17, 15) is 4.79 Å². The smallest absolute Gasteiger partial charge is 0.257 e. The number of furan rings is 1. The average molecular weight is 318 g/mol. The van der Waals surface area contributed by atoms with Gasteiger partial charge in [-0.15, -0.1) is 0 Å². The molecule has 1 fully saturated rings. The second kappa shape index (κ2) is 6.16. The molecular weight excluding hydrogens is 296 g/mol. The summed E-state index contributed by atoms with van der Waals surface area (Å²) < 4.78 is 11.3. The number of nitrogens with one attached hydrogen (secondary N) is 1. The molecule has 7 heteroatoms. The summed E-state index contributed by atoms with van der Waals surface area (Å²) >= 11 is 0. The number of aromatic amines is 1. The highest BCUT2D eigenvalue weighted by atomic mass is 16.5. The number of carbonyl (C=O) groups excluding carboxylic acids is 1. The third kappa shape index (κ3) is 3.14. The van der Waals surface area contributed by atoms with Crippen molar-refractivity contribution in [2.24, 2.45) is 0 Å². The maximum atomic E-state index is 12.6. The van der Waals surface area contributed by atoms with Crippen molar-refractivity contribution in [2.45, 2.75) is 39.2 Å². The fraction of sp³-hybridized carbons (Fsp3) is 0.562. The minimum atomic E-state index is -0.0903. The first-order valence-corrected chi connectivity index (χ1v) is 7.78. The van der Waals surface area contributed by atoms with Crippen LogP contribution in [0.4, 0.5) is 0 Å². The Hall–Kier alpha value is -2.15. The zero-order valence-electron chi connectivity index (χ0n) is 13.9. The fourth-order valence-electron chi connectivity index (χ4n) is 3.05. The van der Waals surface area contributed by atoms with Gasteiger partial charge in [0.1, 0.15) is 17.3 Å². The van der Waals surface area contributed by atoms with Crippen LogP contribution in [0, 0.1) is 20.8 Å². The third-order valence-electron chi connectivity index (χ3n) is 4.23. The minimum absolute atomic E-state index is 0.0558. The molecule has 0 aliphatic carbocycles. The number of rotatable bonds is 4. The van der Waals surface area contributed by atoms with E-state index in [1.807, 2.05) is 13.8 Å². The highest BCUT2D eigenvalue weighted by Gasteiger charge is 2.34. The molecular formula is C16H22N4O3. The molecule has 3 heterocycles. The number of likely N-dealkylation sites (N-methyl/N-ethyl adjacent to an activating group) is 1. The first kappa shape index (κ1) is 15.7. The molecule has 1 amide bonds. The Labute approximate surface area is 135 Å². The van der Waals surface area contributed by atoms with E-state index in [-0.39, 0.29) is 17.9 Å². The van der Waals surface area contributed by atoms with Crippen LogP contribution in [0.5, 0.6) is 0 Å². The Morgan fingerprint density at radius 3 is 2.83 bits per heavy atom. The van der Waals surface area contributed by atoms with Gasteiger partial charge in [-0.05, 0) is 33.3 Å². The topological polar surface area (TPSA) is 84.2 Å². The Morgan fingerprint density at radius 2 is 2.22 bits per heavy atom. The highest BCUT2D eigenvalue weighted by molar-refractivity contribution is 5.95. The number of carbonyl (C=O) groups is 1. The maximum absolute atomic E-state index is 12.6. The molecule has 7 nitrogen and oxygen atoms in total. The molecule has 0 saturated carbocycles. The molecule has 23 heavy (non-hydrogen) atoms. The molecule has 0 aromatic carbocycles. The van der Waals surface area contributed by atoms with Crippen molar-refractivity contribution < 1.29 is 13.9 Å². The molecule has 1 aliphatic rings. The van der Waals surface area contributed by atoms with Gasteiger partial charge in [0.2, 0.25) is 0 Å². The molecule has 0 radical (unpaired) electrons. The van der Waals surface area contributed by atoms with Gasteiger partial charge in [0.05, 0.1) is 17.6 Å². The third-order valence-corrected chi connectivity index (χ3v) is 4.23. The Balaban J connectivity index is 1.70. The normalized spacial score (nSPS) is 20.9. The lowest BCUT2D eigenvalue weighted by Gasteiger charge is -2.23. The van der Waals surface area contributed by atoms with Gasteiger partial charge in [-0.3, -0.25) is 9.89 Å². The van der Waals surface area contributed by atoms with Crippen molar-refractivity contribution >= 4 is 5.91 Å². The molecule has 1 saturated heterocycles. The monoisotopic (exact) mass is 318 g/mol. The van der Waals surface area contributed by atoms with Crippen LogP contribution in [-0.2, 0) is 4.74 Å². The van der Waals surface area contributed by atoms with E-state index >= 15 is 0 Å². The van der Waals surface area contributed by atoms with E-state index < -0.39 is 0 Å². The van der Waals surface area contributed by atoms with Gasteiger partial charge in [0, 0.05) is 20.2 Å². The van der Waals surface area contributed by atoms with Gasteiger partial charge in [0.25, 0.3) is 5.91 Å².